The number of Topliss-reactive ketones (excluding diaryl/α,β-unsaturated/α-hetero) is 1. The van der Waals surface area contributed by atoms with Crippen molar-refractivity contribution in [1.82, 2.24) is 9.55 Å². The summed E-state index contributed by atoms with van der Waals surface area (Å²) in [6, 6.07) is 15.1. The van der Waals surface area contributed by atoms with Gasteiger partial charge in [-0.3, -0.25) is 9.79 Å². The van der Waals surface area contributed by atoms with Crippen molar-refractivity contribution in [3.8, 4) is 11.3 Å². The Balaban J connectivity index is 2.10. The Morgan fingerprint density at radius 3 is 2.41 bits per heavy atom. The molecule has 0 amide bonds. The first-order valence-corrected chi connectivity index (χ1v) is 10.1. The Kier molecular flexibility index (Phi) is 6.52. The molecule has 1 aromatic heterocycles. The summed E-state index contributed by atoms with van der Waals surface area (Å²) in [6.45, 7) is 9.22. The van der Waals surface area contributed by atoms with Gasteiger partial charge in [0.2, 0.25) is 0 Å². The standard InChI is InChI=1S/C23H20ClN3OS/c1-5-14-25-15(2)22-26-21(18-8-6-17(7-9-18)16(3)28)23(27(22)4)29-20-12-10-19(24)11-13-20/h5-14H,1-2H2,3-4H3. The summed E-state index contributed by atoms with van der Waals surface area (Å²) in [5.74, 6) is 0.686. The van der Waals surface area contributed by atoms with Crippen LogP contribution in [0.5, 0.6) is 0 Å². The molecule has 1 heterocycles. The van der Waals surface area contributed by atoms with Crippen molar-refractivity contribution in [1.29, 1.82) is 0 Å². The molecule has 146 valence electrons. The third-order valence-corrected chi connectivity index (χ3v) is 5.65. The lowest BCUT2D eigenvalue weighted by Crippen LogP contribution is -1.97. The second-order valence-electron chi connectivity index (χ2n) is 6.30. The van der Waals surface area contributed by atoms with E-state index in [9.17, 15) is 4.79 Å². The summed E-state index contributed by atoms with van der Waals surface area (Å²) < 4.78 is 1.97. The molecule has 0 spiro atoms. The van der Waals surface area contributed by atoms with Gasteiger partial charge in [0.15, 0.2) is 11.6 Å². The van der Waals surface area contributed by atoms with E-state index in [1.807, 2.05) is 60.1 Å². The van der Waals surface area contributed by atoms with Crippen molar-refractivity contribution in [3.63, 3.8) is 0 Å². The number of carbonyl (C=O) groups excluding carboxylic acids is 1. The van der Waals surface area contributed by atoms with Gasteiger partial charge in [-0.15, -0.1) is 0 Å². The Morgan fingerprint density at radius 1 is 1.17 bits per heavy atom. The Labute approximate surface area is 179 Å². The van der Waals surface area contributed by atoms with E-state index in [2.05, 4.69) is 18.2 Å². The molecule has 29 heavy (non-hydrogen) atoms. The number of rotatable bonds is 7. The highest BCUT2D eigenvalue weighted by atomic mass is 35.5. The zero-order chi connectivity index (χ0) is 21.0. The number of allylic oxidation sites excluding steroid dienone is 1. The van der Waals surface area contributed by atoms with Gasteiger partial charge in [-0.05, 0) is 31.2 Å². The molecule has 0 aliphatic heterocycles. The topological polar surface area (TPSA) is 47.2 Å². The Hall–Kier alpha value is -2.89. The molecule has 2 aromatic carbocycles. The number of carbonyl (C=O) groups is 1. The van der Waals surface area contributed by atoms with E-state index in [0.717, 1.165) is 21.2 Å². The minimum absolute atomic E-state index is 0.0289. The van der Waals surface area contributed by atoms with E-state index in [0.29, 0.717) is 22.1 Å². The smallest absolute Gasteiger partial charge is 0.159 e. The maximum atomic E-state index is 11.6. The monoisotopic (exact) mass is 421 g/mol. The third kappa shape index (κ3) is 4.75. The van der Waals surface area contributed by atoms with Gasteiger partial charge in [0.05, 0.1) is 5.70 Å². The van der Waals surface area contributed by atoms with E-state index in [4.69, 9.17) is 16.6 Å². The van der Waals surface area contributed by atoms with Crippen LogP contribution < -0.4 is 0 Å². The van der Waals surface area contributed by atoms with E-state index < -0.39 is 0 Å². The molecule has 0 aliphatic rings. The van der Waals surface area contributed by atoms with Crippen molar-refractivity contribution in [2.24, 2.45) is 12.0 Å². The molecular weight excluding hydrogens is 402 g/mol. The highest BCUT2D eigenvalue weighted by Crippen LogP contribution is 2.37. The van der Waals surface area contributed by atoms with Crippen LogP contribution in [0.2, 0.25) is 5.02 Å². The van der Waals surface area contributed by atoms with Gasteiger partial charge in [-0.1, -0.05) is 66.9 Å². The van der Waals surface area contributed by atoms with E-state index in [1.54, 1.807) is 31.0 Å². The minimum Gasteiger partial charge on any atom is -0.320 e. The molecule has 0 radical (unpaired) electrons. The first-order chi connectivity index (χ1) is 13.9. The van der Waals surface area contributed by atoms with Gasteiger partial charge < -0.3 is 4.57 Å². The van der Waals surface area contributed by atoms with Gasteiger partial charge in [-0.2, -0.15) is 0 Å². The fourth-order valence-electron chi connectivity index (χ4n) is 2.72. The number of aliphatic imine (C=N–C) groups is 1. The Bertz CT molecular complexity index is 1100. The van der Waals surface area contributed by atoms with Crippen LogP contribution in [-0.2, 0) is 7.05 Å². The fourth-order valence-corrected chi connectivity index (χ4v) is 3.83. The Morgan fingerprint density at radius 2 is 1.83 bits per heavy atom. The highest BCUT2D eigenvalue weighted by molar-refractivity contribution is 7.99. The summed E-state index contributed by atoms with van der Waals surface area (Å²) in [4.78, 5) is 21.7. The molecule has 0 N–H and O–H groups in total. The molecule has 0 atom stereocenters. The first-order valence-electron chi connectivity index (χ1n) is 8.86. The number of halogens is 1. The molecule has 0 unspecified atom stereocenters. The predicted molar refractivity (Wildman–Crippen MR) is 122 cm³/mol. The molecule has 4 nitrogen and oxygen atoms in total. The SMILES string of the molecule is C=CC=NC(=C)c1nc(-c2ccc(C(C)=O)cc2)c(Sc2ccc(Cl)cc2)n1C. The maximum absolute atomic E-state index is 11.6. The van der Waals surface area contributed by atoms with Crippen molar-refractivity contribution in [2.45, 2.75) is 16.8 Å². The summed E-state index contributed by atoms with van der Waals surface area (Å²) in [5.41, 5.74) is 2.91. The fraction of sp³-hybridized carbons (Fsp3) is 0.0870. The number of hydrogen-bond acceptors (Lipinski definition) is 4. The molecular formula is C23H20ClN3OS. The van der Waals surface area contributed by atoms with Crippen molar-refractivity contribution in [3.05, 3.63) is 84.2 Å². The van der Waals surface area contributed by atoms with Gasteiger partial charge in [-0.25, -0.2) is 4.98 Å². The average Bonchev–Trinajstić information content (AvgIpc) is 3.04. The predicted octanol–water partition coefficient (Wildman–Crippen LogP) is 6.32. The number of aromatic nitrogens is 2. The number of ketones is 1. The van der Waals surface area contributed by atoms with Crippen molar-refractivity contribution in [2.75, 3.05) is 0 Å². The van der Waals surface area contributed by atoms with Crippen LogP contribution in [0.15, 0.2) is 82.7 Å². The molecule has 0 saturated heterocycles. The van der Waals surface area contributed by atoms with Gasteiger partial charge in [0.1, 0.15) is 10.7 Å². The molecule has 0 bridgehead atoms. The molecule has 0 fully saturated rings. The lowest BCUT2D eigenvalue weighted by atomic mass is 10.1. The average molecular weight is 422 g/mol. The van der Waals surface area contributed by atoms with Crippen LogP contribution in [0, 0.1) is 0 Å². The highest BCUT2D eigenvalue weighted by Gasteiger charge is 2.19. The normalized spacial score (nSPS) is 11.0. The van der Waals surface area contributed by atoms with E-state index in [1.165, 1.54) is 0 Å². The molecule has 3 rings (SSSR count). The number of hydrogen-bond donors (Lipinski definition) is 0. The first kappa shape index (κ1) is 20.8. The molecule has 0 aliphatic carbocycles. The van der Waals surface area contributed by atoms with Crippen LogP contribution in [0.4, 0.5) is 0 Å². The summed E-state index contributed by atoms with van der Waals surface area (Å²) in [6.07, 6.45) is 3.18. The summed E-state index contributed by atoms with van der Waals surface area (Å²) in [5, 5.41) is 1.63. The van der Waals surface area contributed by atoms with Crippen molar-refractivity contribution >= 4 is 41.1 Å². The lowest BCUT2D eigenvalue weighted by Gasteiger charge is -2.08. The lowest BCUT2D eigenvalue weighted by molar-refractivity contribution is 0.101. The third-order valence-electron chi connectivity index (χ3n) is 4.23. The largest absolute Gasteiger partial charge is 0.320 e. The molecule has 0 saturated carbocycles. The molecule has 6 heteroatoms. The van der Waals surface area contributed by atoms with Crippen LogP contribution >= 0.6 is 23.4 Å². The number of imidazole rings is 1. The number of nitrogens with zero attached hydrogens (tertiary/aromatic N) is 3. The van der Waals surface area contributed by atoms with Crippen LogP contribution in [0.25, 0.3) is 17.0 Å². The zero-order valence-corrected chi connectivity index (χ0v) is 17.8. The minimum atomic E-state index is 0.0289. The van der Waals surface area contributed by atoms with Crippen LogP contribution in [-0.4, -0.2) is 21.5 Å². The van der Waals surface area contributed by atoms with Gasteiger partial charge in [0, 0.05) is 34.3 Å². The van der Waals surface area contributed by atoms with Gasteiger partial charge >= 0.3 is 0 Å². The quantitative estimate of drug-likeness (QED) is 0.331. The second kappa shape index (κ2) is 9.07. The summed E-state index contributed by atoms with van der Waals surface area (Å²) >= 11 is 7.60. The second-order valence-corrected chi connectivity index (χ2v) is 7.80. The van der Waals surface area contributed by atoms with E-state index in [-0.39, 0.29) is 5.78 Å². The zero-order valence-electron chi connectivity index (χ0n) is 16.2. The van der Waals surface area contributed by atoms with Crippen LogP contribution in [0.3, 0.4) is 0 Å². The maximum Gasteiger partial charge on any atom is 0.159 e. The van der Waals surface area contributed by atoms with Gasteiger partial charge in [0.25, 0.3) is 0 Å². The number of benzene rings is 2. The van der Waals surface area contributed by atoms with Crippen LogP contribution in [0.1, 0.15) is 23.1 Å². The van der Waals surface area contributed by atoms with Crippen molar-refractivity contribution < 1.29 is 4.79 Å². The van der Waals surface area contributed by atoms with E-state index >= 15 is 0 Å². The summed E-state index contributed by atoms with van der Waals surface area (Å²) in [7, 11) is 1.93. The molecule has 3 aromatic rings.